The lowest BCUT2D eigenvalue weighted by Crippen LogP contribution is -2.27. The van der Waals surface area contributed by atoms with Crippen molar-refractivity contribution in [3.8, 4) is 0 Å². The minimum atomic E-state index is -3.47. The van der Waals surface area contributed by atoms with Crippen LogP contribution in [0.15, 0.2) is 47.6 Å². The molecule has 0 aliphatic carbocycles. The molecule has 0 amide bonds. The second-order valence-corrected chi connectivity index (χ2v) is 6.90. The summed E-state index contributed by atoms with van der Waals surface area (Å²) in [6.45, 7) is 4.10. The summed E-state index contributed by atoms with van der Waals surface area (Å²) < 4.78 is 26.5. The molecular formula is C15H18N2O2S. The fourth-order valence-electron chi connectivity index (χ4n) is 2.09. The molecule has 20 heavy (non-hydrogen) atoms. The van der Waals surface area contributed by atoms with Crippen LogP contribution in [0.4, 0.5) is 0 Å². The van der Waals surface area contributed by atoms with Crippen LogP contribution >= 0.6 is 0 Å². The topological polar surface area (TPSA) is 50.3 Å². The zero-order chi connectivity index (χ0) is 14.8. The number of aromatic nitrogens is 1. The van der Waals surface area contributed by atoms with Crippen molar-refractivity contribution < 1.29 is 8.42 Å². The van der Waals surface area contributed by atoms with Gasteiger partial charge in [-0.1, -0.05) is 17.7 Å². The van der Waals surface area contributed by atoms with Crippen molar-refractivity contribution in [3.05, 3.63) is 59.4 Å². The highest BCUT2D eigenvalue weighted by Gasteiger charge is 2.22. The highest BCUT2D eigenvalue weighted by molar-refractivity contribution is 7.89. The summed E-state index contributed by atoms with van der Waals surface area (Å²) in [7, 11) is -1.88. The second-order valence-electron chi connectivity index (χ2n) is 4.89. The lowest BCUT2D eigenvalue weighted by atomic mass is 10.2. The molecule has 0 saturated carbocycles. The molecule has 1 heterocycles. The summed E-state index contributed by atoms with van der Waals surface area (Å²) in [4.78, 5) is 4.29. The molecule has 5 heteroatoms. The van der Waals surface area contributed by atoms with Crippen molar-refractivity contribution in [2.24, 2.45) is 0 Å². The maximum absolute atomic E-state index is 12.6. The first kappa shape index (κ1) is 14.7. The van der Waals surface area contributed by atoms with Gasteiger partial charge >= 0.3 is 0 Å². The summed E-state index contributed by atoms with van der Waals surface area (Å²) in [5, 5.41) is 0. The van der Waals surface area contributed by atoms with Gasteiger partial charge in [0.25, 0.3) is 0 Å². The van der Waals surface area contributed by atoms with E-state index in [0.29, 0.717) is 11.4 Å². The van der Waals surface area contributed by atoms with Crippen LogP contribution in [0, 0.1) is 13.8 Å². The molecule has 0 unspecified atom stereocenters. The van der Waals surface area contributed by atoms with Crippen LogP contribution < -0.4 is 0 Å². The Morgan fingerprint density at radius 3 is 2.35 bits per heavy atom. The number of nitrogens with zero attached hydrogens (tertiary/aromatic N) is 2. The number of rotatable bonds is 4. The van der Waals surface area contributed by atoms with Crippen LogP contribution in [-0.4, -0.2) is 24.8 Å². The molecule has 2 aromatic rings. The van der Waals surface area contributed by atoms with Crippen LogP contribution in [0.1, 0.15) is 16.7 Å². The molecule has 0 aliphatic heterocycles. The van der Waals surface area contributed by atoms with Crippen molar-refractivity contribution in [1.82, 2.24) is 9.29 Å². The average molecular weight is 290 g/mol. The molecular weight excluding hydrogens is 272 g/mol. The van der Waals surface area contributed by atoms with Gasteiger partial charge in [0.05, 0.1) is 4.90 Å². The third-order valence-corrected chi connectivity index (χ3v) is 5.14. The van der Waals surface area contributed by atoms with Gasteiger partial charge in [0.2, 0.25) is 10.0 Å². The van der Waals surface area contributed by atoms with E-state index in [9.17, 15) is 8.42 Å². The van der Waals surface area contributed by atoms with Gasteiger partial charge in [-0.05, 0) is 43.2 Å². The van der Waals surface area contributed by atoms with E-state index in [0.717, 1.165) is 16.7 Å². The van der Waals surface area contributed by atoms with Crippen molar-refractivity contribution in [1.29, 1.82) is 0 Å². The Morgan fingerprint density at radius 1 is 1.10 bits per heavy atom. The number of aryl methyl sites for hydroxylation is 2. The monoisotopic (exact) mass is 290 g/mol. The van der Waals surface area contributed by atoms with Crippen LogP contribution in [0.3, 0.4) is 0 Å². The summed E-state index contributed by atoms with van der Waals surface area (Å²) in [6.07, 6.45) is 3.32. The molecule has 0 radical (unpaired) electrons. The van der Waals surface area contributed by atoms with E-state index in [2.05, 4.69) is 4.98 Å². The van der Waals surface area contributed by atoms with E-state index in [4.69, 9.17) is 0 Å². The van der Waals surface area contributed by atoms with Crippen molar-refractivity contribution in [2.45, 2.75) is 25.3 Å². The first-order chi connectivity index (χ1) is 9.41. The van der Waals surface area contributed by atoms with E-state index in [-0.39, 0.29) is 0 Å². The fourth-order valence-corrected chi connectivity index (χ4v) is 3.45. The van der Waals surface area contributed by atoms with Gasteiger partial charge in [0.15, 0.2) is 0 Å². The molecule has 0 atom stereocenters. The third kappa shape index (κ3) is 3.05. The van der Waals surface area contributed by atoms with Crippen LogP contribution in [0.2, 0.25) is 0 Å². The summed E-state index contributed by atoms with van der Waals surface area (Å²) in [6, 6.07) is 9.00. The van der Waals surface area contributed by atoms with Gasteiger partial charge in [0.1, 0.15) is 0 Å². The quantitative estimate of drug-likeness (QED) is 0.869. The predicted octanol–water partition coefficient (Wildman–Crippen LogP) is 2.52. The molecule has 4 nitrogen and oxygen atoms in total. The molecule has 0 N–H and O–H groups in total. The largest absolute Gasteiger partial charge is 0.265 e. The minimum absolute atomic E-state index is 0.332. The smallest absolute Gasteiger partial charge is 0.243 e. The Kier molecular flexibility index (Phi) is 4.20. The SMILES string of the molecule is Cc1ccc(S(=O)(=O)N(C)Cc2ccncc2)c(C)c1. The van der Waals surface area contributed by atoms with E-state index in [1.54, 1.807) is 25.5 Å². The van der Waals surface area contributed by atoms with Crippen LogP contribution in [0.25, 0.3) is 0 Å². The molecule has 0 bridgehead atoms. The molecule has 0 spiro atoms. The van der Waals surface area contributed by atoms with Gasteiger partial charge in [0, 0.05) is 26.0 Å². The molecule has 0 fully saturated rings. The Labute approximate surface area is 120 Å². The third-order valence-electron chi connectivity index (χ3n) is 3.17. The van der Waals surface area contributed by atoms with Crippen molar-refractivity contribution >= 4 is 10.0 Å². The predicted molar refractivity (Wildman–Crippen MR) is 78.8 cm³/mol. The van der Waals surface area contributed by atoms with Gasteiger partial charge in [-0.2, -0.15) is 4.31 Å². The van der Waals surface area contributed by atoms with E-state index < -0.39 is 10.0 Å². The highest BCUT2D eigenvalue weighted by Crippen LogP contribution is 2.21. The molecule has 0 saturated heterocycles. The van der Waals surface area contributed by atoms with E-state index in [1.165, 1.54) is 4.31 Å². The number of sulfonamides is 1. The molecule has 0 aliphatic rings. The Balaban J connectivity index is 2.30. The number of pyridine rings is 1. The molecule has 1 aromatic heterocycles. The molecule has 2 rings (SSSR count). The lowest BCUT2D eigenvalue weighted by molar-refractivity contribution is 0.466. The first-order valence-electron chi connectivity index (χ1n) is 6.34. The first-order valence-corrected chi connectivity index (χ1v) is 7.78. The number of hydrogen-bond donors (Lipinski definition) is 0. The van der Waals surface area contributed by atoms with Crippen LogP contribution in [0.5, 0.6) is 0 Å². The van der Waals surface area contributed by atoms with E-state index in [1.807, 2.05) is 38.1 Å². The Morgan fingerprint density at radius 2 is 1.75 bits per heavy atom. The normalized spacial score (nSPS) is 11.8. The molecule has 106 valence electrons. The van der Waals surface area contributed by atoms with Crippen molar-refractivity contribution in [3.63, 3.8) is 0 Å². The van der Waals surface area contributed by atoms with Crippen molar-refractivity contribution in [2.75, 3.05) is 7.05 Å². The van der Waals surface area contributed by atoms with Gasteiger partial charge in [-0.25, -0.2) is 8.42 Å². The summed E-state index contributed by atoms with van der Waals surface area (Å²) in [5.74, 6) is 0. The van der Waals surface area contributed by atoms with Gasteiger partial charge in [-0.3, -0.25) is 4.98 Å². The fraction of sp³-hybridized carbons (Fsp3) is 0.267. The summed E-state index contributed by atoms with van der Waals surface area (Å²) in [5.41, 5.74) is 2.74. The number of hydrogen-bond acceptors (Lipinski definition) is 3. The molecule has 1 aromatic carbocycles. The van der Waals surface area contributed by atoms with Crippen LogP contribution in [-0.2, 0) is 16.6 Å². The Bertz CT molecular complexity index is 697. The lowest BCUT2D eigenvalue weighted by Gasteiger charge is -2.18. The number of benzene rings is 1. The standard InChI is InChI=1S/C15H18N2O2S/c1-12-4-5-15(13(2)10-12)20(18,19)17(3)11-14-6-8-16-9-7-14/h4-10H,11H2,1-3H3. The second kappa shape index (κ2) is 5.73. The minimum Gasteiger partial charge on any atom is -0.265 e. The Hall–Kier alpha value is -1.72. The average Bonchev–Trinajstić information content (AvgIpc) is 2.39. The van der Waals surface area contributed by atoms with Gasteiger partial charge < -0.3 is 0 Å². The van der Waals surface area contributed by atoms with E-state index >= 15 is 0 Å². The van der Waals surface area contributed by atoms with Gasteiger partial charge in [-0.15, -0.1) is 0 Å². The summed E-state index contributed by atoms with van der Waals surface area (Å²) >= 11 is 0. The zero-order valence-corrected chi connectivity index (χ0v) is 12.7. The maximum atomic E-state index is 12.6. The maximum Gasteiger partial charge on any atom is 0.243 e. The highest BCUT2D eigenvalue weighted by atomic mass is 32.2. The zero-order valence-electron chi connectivity index (χ0n) is 11.9.